The fourth-order valence-corrected chi connectivity index (χ4v) is 2.22. The smallest absolute Gasteiger partial charge is 0.218 e. The van der Waals surface area contributed by atoms with Crippen LogP contribution in [0.4, 0.5) is 0 Å². The summed E-state index contributed by atoms with van der Waals surface area (Å²) >= 11 is 6.24. The van der Waals surface area contributed by atoms with Crippen LogP contribution in [0, 0.1) is 0 Å². The second-order valence-corrected chi connectivity index (χ2v) is 5.42. The predicted octanol–water partition coefficient (Wildman–Crippen LogP) is 3.70. The fourth-order valence-electron chi connectivity index (χ4n) is 2.01. The number of nitrogens with two attached hydrogens (primary N) is 1. The molecule has 1 heterocycles. The number of aromatic nitrogens is 1. The van der Waals surface area contributed by atoms with Crippen LogP contribution in [0.3, 0.4) is 0 Å². The van der Waals surface area contributed by atoms with E-state index < -0.39 is 0 Å². The van der Waals surface area contributed by atoms with Crippen molar-refractivity contribution in [2.45, 2.75) is 32.9 Å². The van der Waals surface area contributed by atoms with Gasteiger partial charge in [-0.25, -0.2) is 4.98 Å². The first-order chi connectivity index (χ1) is 9.42. The van der Waals surface area contributed by atoms with Gasteiger partial charge in [-0.2, -0.15) is 0 Å². The van der Waals surface area contributed by atoms with Crippen molar-refractivity contribution in [3.63, 3.8) is 0 Å². The molecule has 108 valence electrons. The summed E-state index contributed by atoms with van der Waals surface area (Å²) in [7, 11) is 1.58. The molecule has 4 nitrogen and oxygen atoms in total. The molecule has 0 saturated carbocycles. The highest BCUT2D eigenvalue weighted by Crippen LogP contribution is 2.33. The Morgan fingerprint density at radius 2 is 1.90 bits per heavy atom. The van der Waals surface area contributed by atoms with Gasteiger partial charge in [-0.1, -0.05) is 11.6 Å². The molecule has 2 rings (SSSR count). The van der Waals surface area contributed by atoms with Crippen molar-refractivity contribution < 1.29 is 9.47 Å². The lowest BCUT2D eigenvalue weighted by Crippen LogP contribution is -2.09. The van der Waals surface area contributed by atoms with Crippen LogP contribution in [0.25, 0.3) is 10.9 Å². The van der Waals surface area contributed by atoms with Crippen LogP contribution in [0.2, 0.25) is 5.02 Å². The first-order valence-corrected chi connectivity index (χ1v) is 6.90. The lowest BCUT2D eigenvalue weighted by molar-refractivity contribution is 0.243. The highest BCUT2D eigenvalue weighted by Gasteiger charge is 2.14. The molecule has 0 unspecified atom stereocenters. The molecular weight excluding hydrogens is 276 g/mol. The number of halogens is 1. The maximum Gasteiger partial charge on any atom is 0.218 e. The van der Waals surface area contributed by atoms with Crippen LogP contribution >= 0.6 is 11.6 Å². The third-order valence-corrected chi connectivity index (χ3v) is 3.20. The van der Waals surface area contributed by atoms with Crippen molar-refractivity contribution in [3.8, 4) is 11.6 Å². The maximum atomic E-state index is 6.24. The quantitative estimate of drug-likeness (QED) is 0.934. The number of fused-ring (bicyclic) bond motifs is 1. The summed E-state index contributed by atoms with van der Waals surface area (Å²) in [5.41, 5.74) is 7.56. The maximum absolute atomic E-state index is 6.24. The first kappa shape index (κ1) is 14.9. The van der Waals surface area contributed by atoms with Crippen LogP contribution in [0.15, 0.2) is 18.2 Å². The number of methoxy groups -OCH3 is 1. The number of nitrogens with zero attached hydrogens (tertiary/aromatic N) is 1. The largest absolute Gasteiger partial charge is 0.489 e. The van der Waals surface area contributed by atoms with E-state index in [2.05, 4.69) is 4.98 Å². The average Bonchev–Trinajstić information content (AvgIpc) is 2.37. The van der Waals surface area contributed by atoms with Gasteiger partial charge in [0.2, 0.25) is 5.88 Å². The molecule has 5 heteroatoms. The van der Waals surface area contributed by atoms with Crippen LogP contribution in [-0.2, 0) is 0 Å². The number of hydrogen-bond donors (Lipinski definition) is 1. The van der Waals surface area contributed by atoms with Crippen molar-refractivity contribution in [2.75, 3.05) is 7.11 Å². The Morgan fingerprint density at radius 3 is 2.45 bits per heavy atom. The van der Waals surface area contributed by atoms with Crippen LogP contribution in [-0.4, -0.2) is 18.2 Å². The molecule has 0 amide bonds. The topological polar surface area (TPSA) is 57.4 Å². The summed E-state index contributed by atoms with van der Waals surface area (Å²) < 4.78 is 11.0. The molecule has 0 radical (unpaired) electrons. The second kappa shape index (κ2) is 5.85. The van der Waals surface area contributed by atoms with E-state index in [0.29, 0.717) is 16.7 Å². The van der Waals surface area contributed by atoms with E-state index in [1.807, 2.05) is 39.0 Å². The van der Waals surface area contributed by atoms with Crippen molar-refractivity contribution in [2.24, 2.45) is 5.73 Å². The lowest BCUT2D eigenvalue weighted by atomic mass is 10.1. The van der Waals surface area contributed by atoms with E-state index in [1.165, 1.54) is 0 Å². The minimum absolute atomic E-state index is 0.0511. The minimum atomic E-state index is -0.160. The van der Waals surface area contributed by atoms with Gasteiger partial charge in [0.05, 0.1) is 23.8 Å². The first-order valence-electron chi connectivity index (χ1n) is 6.52. The normalized spacial score (nSPS) is 12.8. The molecule has 0 aliphatic rings. The summed E-state index contributed by atoms with van der Waals surface area (Å²) in [4.78, 5) is 4.48. The lowest BCUT2D eigenvalue weighted by Gasteiger charge is -2.15. The van der Waals surface area contributed by atoms with E-state index in [0.717, 1.165) is 16.5 Å². The van der Waals surface area contributed by atoms with Crippen LogP contribution in [0.1, 0.15) is 32.4 Å². The van der Waals surface area contributed by atoms with E-state index in [1.54, 1.807) is 7.11 Å². The Kier molecular flexibility index (Phi) is 4.35. The summed E-state index contributed by atoms with van der Waals surface area (Å²) in [6.45, 7) is 5.80. The number of benzene rings is 1. The SMILES string of the molecule is COc1nc2cc(OC(C)C)c(Cl)cc2cc1[C@H](C)N. The molecule has 2 N–H and O–H groups in total. The molecular formula is C15H19ClN2O2. The van der Waals surface area contributed by atoms with E-state index >= 15 is 0 Å². The summed E-state index contributed by atoms with van der Waals surface area (Å²) in [6, 6.07) is 5.46. The van der Waals surface area contributed by atoms with Gasteiger partial charge >= 0.3 is 0 Å². The van der Waals surface area contributed by atoms with E-state index in [4.69, 9.17) is 26.8 Å². The Bertz CT molecular complexity index is 627. The molecule has 20 heavy (non-hydrogen) atoms. The molecule has 0 fully saturated rings. The number of rotatable bonds is 4. The third-order valence-electron chi connectivity index (χ3n) is 2.91. The second-order valence-electron chi connectivity index (χ2n) is 5.02. The molecule has 1 aromatic heterocycles. The van der Waals surface area contributed by atoms with Crippen LogP contribution < -0.4 is 15.2 Å². The molecule has 0 spiro atoms. The van der Waals surface area contributed by atoms with E-state index in [-0.39, 0.29) is 12.1 Å². The number of pyridine rings is 1. The zero-order valence-electron chi connectivity index (χ0n) is 12.1. The molecule has 2 aromatic rings. The monoisotopic (exact) mass is 294 g/mol. The molecule has 0 aliphatic heterocycles. The fraction of sp³-hybridized carbons (Fsp3) is 0.400. The molecule has 0 bridgehead atoms. The van der Waals surface area contributed by atoms with Gasteiger partial charge in [0.15, 0.2) is 0 Å². The third kappa shape index (κ3) is 2.97. The van der Waals surface area contributed by atoms with Gasteiger partial charge in [-0.15, -0.1) is 0 Å². The number of ether oxygens (including phenoxy) is 2. The van der Waals surface area contributed by atoms with Crippen molar-refractivity contribution in [1.82, 2.24) is 4.98 Å². The van der Waals surface area contributed by atoms with Crippen molar-refractivity contribution in [3.05, 3.63) is 28.8 Å². The predicted molar refractivity (Wildman–Crippen MR) is 81.7 cm³/mol. The Morgan fingerprint density at radius 1 is 1.20 bits per heavy atom. The Hall–Kier alpha value is -1.52. The van der Waals surface area contributed by atoms with Gasteiger partial charge in [-0.3, -0.25) is 0 Å². The highest BCUT2D eigenvalue weighted by molar-refractivity contribution is 6.32. The van der Waals surface area contributed by atoms with Crippen LogP contribution in [0.5, 0.6) is 11.6 Å². The average molecular weight is 295 g/mol. The standard InChI is InChI=1S/C15H19ClN2O2/c1-8(2)20-14-7-13-10(6-12(14)16)5-11(9(3)17)15(18-13)19-4/h5-9H,17H2,1-4H3/t9-/m0/s1. The highest BCUT2D eigenvalue weighted by atomic mass is 35.5. The molecule has 0 aliphatic carbocycles. The molecule has 1 atom stereocenters. The van der Waals surface area contributed by atoms with Gasteiger partial charge in [0, 0.05) is 23.1 Å². The Labute approximate surface area is 123 Å². The van der Waals surface area contributed by atoms with E-state index in [9.17, 15) is 0 Å². The van der Waals surface area contributed by atoms with Gasteiger partial charge < -0.3 is 15.2 Å². The molecule has 0 saturated heterocycles. The Balaban J connectivity index is 2.60. The summed E-state index contributed by atoms with van der Waals surface area (Å²) in [6.07, 6.45) is 0.0511. The van der Waals surface area contributed by atoms with Crippen molar-refractivity contribution >= 4 is 22.5 Å². The molecule has 1 aromatic carbocycles. The van der Waals surface area contributed by atoms with Crippen molar-refractivity contribution in [1.29, 1.82) is 0 Å². The zero-order valence-corrected chi connectivity index (χ0v) is 12.9. The number of hydrogen-bond acceptors (Lipinski definition) is 4. The van der Waals surface area contributed by atoms with Gasteiger partial charge in [0.1, 0.15) is 5.75 Å². The zero-order chi connectivity index (χ0) is 14.9. The van der Waals surface area contributed by atoms with Gasteiger partial charge in [0.25, 0.3) is 0 Å². The van der Waals surface area contributed by atoms with Gasteiger partial charge in [-0.05, 0) is 32.9 Å². The summed E-state index contributed by atoms with van der Waals surface area (Å²) in [5.74, 6) is 1.16. The minimum Gasteiger partial charge on any atom is -0.489 e. The summed E-state index contributed by atoms with van der Waals surface area (Å²) in [5, 5.41) is 1.48.